The minimum Gasteiger partial charge on any atom is -0.483 e. The number of ether oxygens (including phenoxy) is 1. The lowest BCUT2D eigenvalue weighted by Crippen LogP contribution is -2.49. The van der Waals surface area contributed by atoms with Gasteiger partial charge in [-0.25, -0.2) is 8.81 Å². The van der Waals surface area contributed by atoms with Gasteiger partial charge in [-0.2, -0.15) is 0 Å². The summed E-state index contributed by atoms with van der Waals surface area (Å²) < 4.78 is 21.3. The Kier molecular flexibility index (Phi) is 2.79. The number of carbonyl (C=O) groups excluding carboxylic acids is 1. The normalized spacial score (nSPS) is 22.7. The maximum absolute atomic E-state index is 13.7. The van der Waals surface area contributed by atoms with E-state index < -0.39 is 11.4 Å². The predicted molar refractivity (Wildman–Crippen MR) is 65.4 cm³/mol. The van der Waals surface area contributed by atoms with Crippen LogP contribution in [0.5, 0.6) is 5.75 Å². The molecule has 0 aromatic heterocycles. The third-order valence-corrected chi connectivity index (χ3v) is 4.03. The number of hydrogen-bond donors (Lipinski definition) is 0. The Labute approximate surface area is 110 Å². The van der Waals surface area contributed by atoms with Crippen LogP contribution in [0.3, 0.4) is 0 Å². The van der Waals surface area contributed by atoms with Crippen LogP contribution in [0.25, 0.3) is 0 Å². The minimum absolute atomic E-state index is 0.0428. The fourth-order valence-electron chi connectivity index (χ4n) is 2.64. The molecule has 18 heavy (non-hydrogen) atoms. The third-order valence-electron chi connectivity index (χ3n) is 3.69. The summed E-state index contributed by atoms with van der Waals surface area (Å²) in [6, 6.07) is 4.47. The Morgan fingerprint density at radius 2 is 2.06 bits per heavy atom. The molecule has 0 N–H and O–H groups in total. The second-order valence-electron chi connectivity index (χ2n) is 4.91. The van der Waals surface area contributed by atoms with Gasteiger partial charge >= 0.3 is 0 Å². The highest BCUT2D eigenvalue weighted by atomic mass is 35.5. The first kappa shape index (κ1) is 11.9. The molecule has 1 aromatic rings. The number of fused-ring (bicyclic) bond motifs is 1. The summed E-state index contributed by atoms with van der Waals surface area (Å²) in [5.41, 5.74) is -0.216. The van der Waals surface area contributed by atoms with Gasteiger partial charge in [0.05, 0.1) is 12.0 Å². The average Bonchev–Trinajstić information content (AvgIpc) is 2.35. The SMILES string of the molecule is O=C1CC2(CCN(Cl)CC2)Oc2c(F)cccc21. The van der Waals surface area contributed by atoms with Crippen LogP contribution in [0.1, 0.15) is 29.6 Å². The van der Waals surface area contributed by atoms with Crippen molar-refractivity contribution < 1.29 is 13.9 Å². The highest BCUT2D eigenvalue weighted by molar-refractivity contribution is 6.13. The number of piperidine rings is 1. The smallest absolute Gasteiger partial charge is 0.170 e. The highest BCUT2D eigenvalue weighted by Gasteiger charge is 2.43. The van der Waals surface area contributed by atoms with Crippen molar-refractivity contribution >= 4 is 17.6 Å². The van der Waals surface area contributed by atoms with E-state index in [4.69, 9.17) is 16.5 Å². The molecule has 2 aliphatic heterocycles. The monoisotopic (exact) mass is 269 g/mol. The van der Waals surface area contributed by atoms with E-state index in [0.717, 1.165) is 0 Å². The van der Waals surface area contributed by atoms with Crippen molar-refractivity contribution in [1.29, 1.82) is 0 Å². The minimum atomic E-state index is -0.572. The van der Waals surface area contributed by atoms with Gasteiger partial charge in [0.1, 0.15) is 5.60 Å². The van der Waals surface area contributed by atoms with Crippen LogP contribution in [0.4, 0.5) is 4.39 Å². The number of Topliss-reactive ketones (excluding diaryl/α,β-unsaturated/α-hetero) is 1. The van der Waals surface area contributed by atoms with Crippen LogP contribution < -0.4 is 4.74 Å². The molecule has 0 radical (unpaired) electrons. The first-order chi connectivity index (χ1) is 8.60. The van der Waals surface area contributed by atoms with E-state index in [1.165, 1.54) is 12.1 Å². The molecule has 0 bridgehead atoms. The molecule has 1 fully saturated rings. The van der Waals surface area contributed by atoms with Gasteiger partial charge < -0.3 is 4.74 Å². The van der Waals surface area contributed by atoms with Gasteiger partial charge in [-0.15, -0.1) is 0 Å². The van der Waals surface area contributed by atoms with E-state index in [2.05, 4.69) is 0 Å². The van der Waals surface area contributed by atoms with E-state index in [9.17, 15) is 9.18 Å². The number of nitrogens with zero attached hydrogens (tertiary/aromatic N) is 1. The molecular formula is C13H13ClFNO2. The molecule has 0 unspecified atom stereocenters. The van der Waals surface area contributed by atoms with Gasteiger partial charge in [-0.1, -0.05) is 6.07 Å². The first-order valence-corrected chi connectivity index (χ1v) is 6.35. The van der Waals surface area contributed by atoms with Crippen molar-refractivity contribution in [2.45, 2.75) is 24.9 Å². The summed E-state index contributed by atoms with van der Waals surface area (Å²) in [6.45, 7) is 1.30. The molecule has 2 aliphatic rings. The third kappa shape index (κ3) is 1.89. The number of carbonyl (C=O) groups is 1. The van der Waals surface area contributed by atoms with E-state index in [0.29, 0.717) is 37.9 Å². The van der Waals surface area contributed by atoms with Crippen LogP contribution in [-0.2, 0) is 0 Å². The Bertz CT molecular complexity index is 498. The maximum atomic E-state index is 13.7. The van der Waals surface area contributed by atoms with Crippen molar-refractivity contribution in [3.8, 4) is 5.75 Å². The highest BCUT2D eigenvalue weighted by Crippen LogP contribution is 2.40. The van der Waals surface area contributed by atoms with Gasteiger partial charge in [0.25, 0.3) is 0 Å². The molecule has 96 valence electrons. The Balaban J connectivity index is 1.96. The lowest BCUT2D eigenvalue weighted by atomic mass is 9.83. The molecule has 3 rings (SSSR count). The van der Waals surface area contributed by atoms with Crippen molar-refractivity contribution in [2.75, 3.05) is 13.1 Å². The largest absolute Gasteiger partial charge is 0.483 e. The molecular weight excluding hydrogens is 257 g/mol. The van der Waals surface area contributed by atoms with Crippen LogP contribution in [0.2, 0.25) is 0 Å². The summed E-state index contributed by atoms with van der Waals surface area (Å²) >= 11 is 5.91. The van der Waals surface area contributed by atoms with Crippen LogP contribution >= 0.6 is 11.8 Å². The summed E-state index contributed by atoms with van der Waals surface area (Å²) in [5, 5.41) is 0. The molecule has 1 spiro atoms. The number of rotatable bonds is 0. The van der Waals surface area contributed by atoms with Crippen LogP contribution in [0.15, 0.2) is 18.2 Å². The van der Waals surface area contributed by atoms with E-state index in [-0.39, 0.29) is 11.5 Å². The summed E-state index contributed by atoms with van der Waals surface area (Å²) in [4.78, 5) is 12.1. The van der Waals surface area contributed by atoms with E-state index in [1.807, 2.05) is 0 Å². The zero-order valence-corrected chi connectivity index (χ0v) is 10.5. The number of halogens is 2. The molecule has 0 amide bonds. The summed E-state index contributed by atoms with van der Waals surface area (Å²) in [5.74, 6) is -0.399. The summed E-state index contributed by atoms with van der Waals surface area (Å²) in [6.07, 6.45) is 1.61. The fourth-order valence-corrected chi connectivity index (χ4v) is 2.81. The van der Waals surface area contributed by atoms with E-state index >= 15 is 0 Å². The molecule has 2 heterocycles. The number of hydrogen-bond acceptors (Lipinski definition) is 3. The Hall–Kier alpha value is -1.13. The van der Waals surface area contributed by atoms with Crippen molar-refractivity contribution in [3.63, 3.8) is 0 Å². The second kappa shape index (κ2) is 4.21. The number of para-hydroxylation sites is 1. The quantitative estimate of drug-likeness (QED) is 0.679. The standard InChI is InChI=1S/C13H13ClFNO2/c14-16-6-4-13(5-7-16)8-11(17)9-2-1-3-10(15)12(9)18-13/h1-3H,4-8H2. The molecule has 0 aliphatic carbocycles. The zero-order valence-electron chi connectivity index (χ0n) is 9.79. The van der Waals surface area contributed by atoms with Gasteiger partial charge in [-0.05, 0) is 23.9 Å². The van der Waals surface area contributed by atoms with Crippen LogP contribution in [-0.4, -0.2) is 28.9 Å². The molecule has 0 saturated carbocycles. The van der Waals surface area contributed by atoms with Crippen molar-refractivity contribution in [2.24, 2.45) is 0 Å². The molecule has 1 aromatic carbocycles. The molecule has 1 saturated heterocycles. The van der Waals surface area contributed by atoms with E-state index in [1.54, 1.807) is 10.5 Å². The predicted octanol–water partition coefficient (Wildman–Crippen LogP) is 2.78. The molecule has 5 heteroatoms. The van der Waals surface area contributed by atoms with Gasteiger partial charge in [0.15, 0.2) is 17.3 Å². The zero-order chi connectivity index (χ0) is 12.8. The number of ketones is 1. The lowest BCUT2D eigenvalue weighted by Gasteiger charge is -2.42. The van der Waals surface area contributed by atoms with Crippen molar-refractivity contribution in [3.05, 3.63) is 29.6 Å². The average molecular weight is 270 g/mol. The van der Waals surface area contributed by atoms with Gasteiger partial charge in [-0.3, -0.25) is 4.79 Å². The Morgan fingerprint density at radius 1 is 1.33 bits per heavy atom. The Morgan fingerprint density at radius 3 is 2.78 bits per heavy atom. The maximum Gasteiger partial charge on any atom is 0.170 e. The molecule has 0 atom stereocenters. The van der Waals surface area contributed by atoms with Crippen LogP contribution in [0, 0.1) is 5.82 Å². The second-order valence-corrected chi connectivity index (χ2v) is 5.39. The van der Waals surface area contributed by atoms with Crippen molar-refractivity contribution in [1.82, 2.24) is 4.42 Å². The molecule has 3 nitrogen and oxygen atoms in total. The number of benzene rings is 1. The van der Waals surface area contributed by atoms with Gasteiger partial charge in [0, 0.05) is 25.9 Å². The summed E-state index contributed by atoms with van der Waals surface area (Å²) in [7, 11) is 0. The first-order valence-electron chi connectivity index (χ1n) is 6.01. The lowest BCUT2D eigenvalue weighted by molar-refractivity contribution is 0.00307. The van der Waals surface area contributed by atoms with Gasteiger partial charge in [0.2, 0.25) is 0 Å². The fraction of sp³-hybridized carbons (Fsp3) is 0.462. The topological polar surface area (TPSA) is 29.5 Å².